The van der Waals surface area contributed by atoms with Crippen LogP contribution in [0, 0.1) is 18.8 Å². The summed E-state index contributed by atoms with van der Waals surface area (Å²) in [7, 11) is 1.64. The maximum atomic E-state index is 12.8. The number of carbonyl (C=O) groups excluding carboxylic acids is 1. The van der Waals surface area contributed by atoms with Crippen LogP contribution in [0.3, 0.4) is 0 Å². The fraction of sp³-hybridized carbons (Fsp3) is 0.481. The number of pyridine rings is 1. The molecule has 2 aliphatic heterocycles. The second kappa shape index (κ2) is 11.1. The summed E-state index contributed by atoms with van der Waals surface area (Å²) in [5, 5.41) is 7.35. The van der Waals surface area contributed by atoms with Gasteiger partial charge in [-0.25, -0.2) is 0 Å². The zero-order chi connectivity index (χ0) is 24.9. The molecule has 0 saturated carbocycles. The van der Waals surface area contributed by atoms with E-state index in [9.17, 15) is 4.79 Å². The SMILES string of the molecule is COc1ccc(-c2noc(N3CCC(C(=O)NCC4CCN(Cc5cccnc5C)C4)CC3)n2)cc1. The van der Waals surface area contributed by atoms with Gasteiger partial charge in [-0.15, -0.1) is 0 Å². The van der Waals surface area contributed by atoms with Gasteiger partial charge in [-0.1, -0.05) is 11.2 Å². The summed E-state index contributed by atoms with van der Waals surface area (Å²) in [6.45, 7) is 7.27. The number of anilines is 1. The average molecular weight is 491 g/mol. The van der Waals surface area contributed by atoms with Crippen LogP contribution in [0.2, 0.25) is 0 Å². The van der Waals surface area contributed by atoms with Crippen molar-refractivity contribution in [3.8, 4) is 17.1 Å². The topological polar surface area (TPSA) is 96.6 Å². The molecule has 1 amide bonds. The molecule has 9 nitrogen and oxygen atoms in total. The lowest BCUT2D eigenvalue weighted by Gasteiger charge is -2.30. The molecule has 1 atom stereocenters. The van der Waals surface area contributed by atoms with Crippen molar-refractivity contribution in [2.45, 2.75) is 32.7 Å². The first-order chi connectivity index (χ1) is 17.6. The molecule has 4 heterocycles. The molecule has 9 heteroatoms. The molecule has 36 heavy (non-hydrogen) atoms. The van der Waals surface area contributed by atoms with Gasteiger partial charge in [0.1, 0.15) is 5.75 Å². The number of methoxy groups -OCH3 is 1. The fourth-order valence-electron chi connectivity index (χ4n) is 5.07. The Morgan fingerprint density at radius 3 is 2.69 bits per heavy atom. The normalized spacial score (nSPS) is 18.9. The molecule has 0 bridgehead atoms. The molecule has 2 saturated heterocycles. The summed E-state index contributed by atoms with van der Waals surface area (Å²) in [6, 6.07) is 12.2. The summed E-state index contributed by atoms with van der Waals surface area (Å²) in [5.41, 5.74) is 3.26. The Bertz CT molecular complexity index is 1160. The number of hydrogen-bond donors (Lipinski definition) is 1. The van der Waals surface area contributed by atoms with Gasteiger partial charge in [0.05, 0.1) is 7.11 Å². The zero-order valence-corrected chi connectivity index (χ0v) is 21.0. The van der Waals surface area contributed by atoms with Crippen molar-refractivity contribution in [2.24, 2.45) is 11.8 Å². The van der Waals surface area contributed by atoms with Gasteiger partial charge in [0, 0.05) is 56.1 Å². The van der Waals surface area contributed by atoms with E-state index in [-0.39, 0.29) is 11.8 Å². The van der Waals surface area contributed by atoms with Crippen LogP contribution in [0.1, 0.15) is 30.5 Å². The van der Waals surface area contributed by atoms with Crippen LogP contribution in [-0.4, -0.2) is 65.8 Å². The second-order valence-electron chi connectivity index (χ2n) is 9.77. The molecule has 2 aliphatic rings. The van der Waals surface area contributed by atoms with Crippen LogP contribution in [0.5, 0.6) is 5.75 Å². The molecule has 0 aliphatic carbocycles. The van der Waals surface area contributed by atoms with Gasteiger partial charge < -0.3 is 19.5 Å². The minimum Gasteiger partial charge on any atom is -0.497 e. The van der Waals surface area contributed by atoms with Crippen LogP contribution in [0.15, 0.2) is 47.1 Å². The lowest BCUT2D eigenvalue weighted by atomic mass is 9.96. The van der Waals surface area contributed by atoms with Crippen molar-refractivity contribution >= 4 is 11.9 Å². The predicted octanol–water partition coefficient (Wildman–Crippen LogP) is 3.30. The van der Waals surface area contributed by atoms with E-state index in [2.05, 4.69) is 43.2 Å². The Labute approximate surface area is 211 Å². The number of likely N-dealkylation sites (tertiary alicyclic amines) is 1. The number of hydrogen-bond acceptors (Lipinski definition) is 8. The molecule has 2 aromatic heterocycles. The maximum Gasteiger partial charge on any atom is 0.324 e. The molecular weight excluding hydrogens is 456 g/mol. The Hall–Kier alpha value is -3.46. The van der Waals surface area contributed by atoms with Crippen molar-refractivity contribution in [3.63, 3.8) is 0 Å². The summed E-state index contributed by atoms with van der Waals surface area (Å²) in [6.07, 6.45) is 4.52. The summed E-state index contributed by atoms with van der Waals surface area (Å²) < 4.78 is 10.7. The molecule has 2 fully saturated rings. The van der Waals surface area contributed by atoms with Crippen LogP contribution in [0.25, 0.3) is 11.4 Å². The number of nitrogens with one attached hydrogen (secondary N) is 1. The van der Waals surface area contributed by atoms with Crippen LogP contribution in [0.4, 0.5) is 6.01 Å². The van der Waals surface area contributed by atoms with Gasteiger partial charge in [0.25, 0.3) is 0 Å². The Morgan fingerprint density at radius 2 is 1.94 bits per heavy atom. The minimum absolute atomic E-state index is 0.0285. The number of aromatic nitrogens is 3. The van der Waals surface area contributed by atoms with E-state index in [1.165, 1.54) is 5.56 Å². The number of carbonyl (C=O) groups is 1. The molecule has 5 rings (SSSR count). The third-order valence-corrected chi connectivity index (χ3v) is 7.35. The van der Waals surface area contributed by atoms with Crippen LogP contribution < -0.4 is 15.0 Å². The smallest absolute Gasteiger partial charge is 0.324 e. The first kappa shape index (κ1) is 24.2. The van der Waals surface area contributed by atoms with E-state index in [0.717, 1.165) is 75.5 Å². The maximum absolute atomic E-state index is 12.8. The van der Waals surface area contributed by atoms with Crippen LogP contribution in [-0.2, 0) is 11.3 Å². The van der Waals surface area contributed by atoms with E-state index >= 15 is 0 Å². The Kier molecular flexibility index (Phi) is 7.46. The number of aryl methyl sites for hydroxylation is 1. The first-order valence-corrected chi connectivity index (χ1v) is 12.7. The largest absolute Gasteiger partial charge is 0.497 e. The standard InChI is InChI=1S/C27H34N6O3/c1-19-23(4-3-12-28-19)18-32-13-9-20(17-32)16-29-26(34)22-10-14-33(15-11-22)27-30-25(31-36-27)21-5-7-24(35-2)8-6-21/h3-8,12,20,22H,9-11,13-18H2,1-2H3,(H,29,34). The van der Waals surface area contributed by atoms with Gasteiger partial charge in [-0.05, 0) is 74.5 Å². The fourth-order valence-corrected chi connectivity index (χ4v) is 5.07. The highest BCUT2D eigenvalue weighted by Crippen LogP contribution is 2.26. The van der Waals surface area contributed by atoms with Gasteiger partial charge in [0.15, 0.2) is 0 Å². The molecule has 0 radical (unpaired) electrons. The molecule has 1 N–H and O–H groups in total. The highest BCUT2D eigenvalue weighted by atomic mass is 16.5. The molecule has 1 unspecified atom stereocenters. The van der Waals surface area contributed by atoms with Crippen LogP contribution >= 0.6 is 0 Å². The quantitative estimate of drug-likeness (QED) is 0.514. The summed E-state index contributed by atoms with van der Waals surface area (Å²) in [4.78, 5) is 26.3. The Balaban J connectivity index is 1.05. The predicted molar refractivity (Wildman–Crippen MR) is 137 cm³/mol. The number of ether oxygens (including phenoxy) is 1. The van der Waals surface area contributed by atoms with Crippen molar-refractivity contribution in [3.05, 3.63) is 53.9 Å². The molecular formula is C27H34N6O3. The van der Waals surface area contributed by atoms with Gasteiger partial charge in [0.2, 0.25) is 11.7 Å². The highest BCUT2D eigenvalue weighted by molar-refractivity contribution is 5.79. The van der Waals surface area contributed by atoms with Crippen molar-refractivity contribution in [2.75, 3.05) is 44.7 Å². The van der Waals surface area contributed by atoms with Crippen molar-refractivity contribution in [1.29, 1.82) is 0 Å². The van der Waals surface area contributed by atoms with E-state index in [1.807, 2.05) is 36.5 Å². The molecule has 3 aromatic rings. The second-order valence-corrected chi connectivity index (χ2v) is 9.77. The number of piperidine rings is 1. The molecule has 190 valence electrons. The average Bonchev–Trinajstić information content (AvgIpc) is 3.59. The van der Waals surface area contributed by atoms with Crippen molar-refractivity contribution < 1.29 is 14.1 Å². The lowest BCUT2D eigenvalue weighted by Crippen LogP contribution is -2.42. The van der Waals surface area contributed by atoms with E-state index < -0.39 is 0 Å². The minimum atomic E-state index is 0.0285. The Morgan fingerprint density at radius 1 is 1.14 bits per heavy atom. The third-order valence-electron chi connectivity index (χ3n) is 7.35. The number of amides is 1. The molecule has 0 spiro atoms. The summed E-state index contributed by atoms with van der Waals surface area (Å²) in [5.74, 6) is 2.03. The monoisotopic (exact) mass is 490 g/mol. The number of rotatable bonds is 8. The van der Waals surface area contributed by atoms with Crippen molar-refractivity contribution in [1.82, 2.24) is 25.3 Å². The van der Waals surface area contributed by atoms with E-state index in [0.29, 0.717) is 17.8 Å². The third kappa shape index (κ3) is 5.67. The lowest BCUT2D eigenvalue weighted by molar-refractivity contribution is -0.125. The highest BCUT2D eigenvalue weighted by Gasteiger charge is 2.29. The van der Waals surface area contributed by atoms with Gasteiger partial charge in [-0.2, -0.15) is 4.98 Å². The van der Waals surface area contributed by atoms with E-state index in [1.54, 1.807) is 7.11 Å². The van der Waals surface area contributed by atoms with Gasteiger partial charge in [-0.3, -0.25) is 14.7 Å². The summed E-state index contributed by atoms with van der Waals surface area (Å²) >= 11 is 0. The zero-order valence-electron chi connectivity index (χ0n) is 21.0. The van der Waals surface area contributed by atoms with Gasteiger partial charge >= 0.3 is 6.01 Å². The van der Waals surface area contributed by atoms with E-state index in [4.69, 9.17) is 9.26 Å². The molecule has 1 aromatic carbocycles. The number of nitrogens with zero attached hydrogens (tertiary/aromatic N) is 5. The first-order valence-electron chi connectivity index (χ1n) is 12.7. The number of benzene rings is 1.